The summed E-state index contributed by atoms with van der Waals surface area (Å²) in [5.41, 5.74) is 2.47. The second-order valence-electron chi connectivity index (χ2n) is 6.00. The Morgan fingerprint density at radius 1 is 0.808 bits per heavy atom. The number of ether oxygens (including phenoxy) is 1. The SMILES string of the molecule is O=C1c2ccccc2C(=O)N1Cc1ccc(COc2ccccc2)cn1. The molecule has 0 bridgehead atoms. The van der Waals surface area contributed by atoms with E-state index in [9.17, 15) is 9.59 Å². The minimum Gasteiger partial charge on any atom is -0.489 e. The Bertz CT molecular complexity index is 918. The van der Waals surface area contributed by atoms with Crippen LogP contribution in [0.15, 0.2) is 72.9 Å². The van der Waals surface area contributed by atoms with E-state index < -0.39 is 0 Å². The first kappa shape index (κ1) is 16.0. The molecule has 1 aliphatic rings. The van der Waals surface area contributed by atoms with Crippen LogP contribution in [-0.4, -0.2) is 21.7 Å². The lowest BCUT2D eigenvalue weighted by atomic mass is 10.1. The summed E-state index contributed by atoms with van der Waals surface area (Å²) < 4.78 is 5.68. The predicted molar refractivity (Wildman–Crippen MR) is 95.7 cm³/mol. The van der Waals surface area contributed by atoms with E-state index in [1.165, 1.54) is 4.90 Å². The van der Waals surface area contributed by atoms with Crippen molar-refractivity contribution in [1.29, 1.82) is 0 Å². The molecular formula is C21H16N2O3. The molecule has 1 aliphatic heterocycles. The van der Waals surface area contributed by atoms with E-state index in [1.807, 2.05) is 42.5 Å². The lowest BCUT2D eigenvalue weighted by molar-refractivity contribution is 0.0640. The highest BCUT2D eigenvalue weighted by molar-refractivity contribution is 6.21. The summed E-state index contributed by atoms with van der Waals surface area (Å²) in [6.07, 6.45) is 1.70. The number of hydrogen-bond donors (Lipinski definition) is 0. The molecule has 0 spiro atoms. The van der Waals surface area contributed by atoms with Crippen molar-refractivity contribution >= 4 is 11.8 Å². The van der Waals surface area contributed by atoms with Crippen molar-refractivity contribution in [1.82, 2.24) is 9.88 Å². The normalized spacial score (nSPS) is 13.0. The first-order valence-corrected chi connectivity index (χ1v) is 8.29. The maximum absolute atomic E-state index is 12.4. The maximum Gasteiger partial charge on any atom is 0.261 e. The molecule has 0 saturated carbocycles. The Kier molecular flexibility index (Phi) is 4.19. The van der Waals surface area contributed by atoms with Crippen LogP contribution in [0.4, 0.5) is 0 Å². The van der Waals surface area contributed by atoms with Gasteiger partial charge in [0.05, 0.1) is 23.4 Å². The van der Waals surface area contributed by atoms with Gasteiger partial charge < -0.3 is 4.74 Å². The fourth-order valence-corrected chi connectivity index (χ4v) is 2.86. The van der Waals surface area contributed by atoms with E-state index >= 15 is 0 Å². The van der Waals surface area contributed by atoms with Crippen molar-refractivity contribution in [3.63, 3.8) is 0 Å². The quantitative estimate of drug-likeness (QED) is 0.665. The number of fused-ring (bicyclic) bond motifs is 1. The molecule has 3 aromatic rings. The number of nitrogens with zero attached hydrogens (tertiary/aromatic N) is 2. The van der Waals surface area contributed by atoms with Gasteiger partial charge in [-0.15, -0.1) is 0 Å². The van der Waals surface area contributed by atoms with Crippen LogP contribution >= 0.6 is 0 Å². The molecule has 26 heavy (non-hydrogen) atoms. The van der Waals surface area contributed by atoms with Crippen molar-refractivity contribution in [3.05, 3.63) is 95.3 Å². The highest BCUT2D eigenvalue weighted by Crippen LogP contribution is 2.23. The van der Waals surface area contributed by atoms with Crippen molar-refractivity contribution in [3.8, 4) is 5.75 Å². The van der Waals surface area contributed by atoms with E-state index in [4.69, 9.17) is 4.74 Å². The molecular weight excluding hydrogens is 328 g/mol. The average molecular weight is 344 g/mol. The number of rotatable bonds is 5. The molecule has 0 N–H and O–H groups in total. The zero-order chi connectivity index (χ0) is 17.9. The van der Waals surface area contributed by atoms with Gasteiger partial charge in [0.1, 0.15) is 12.4 Å². The number of carbonyl (C=O) groups excluding carboxylic acids is 2. The molecule has 5 nitrogen and oxygen atoms in total. The van der Waals surface area contributed by atoms with Gasteiger partial charge in [-0.25, -0.2) is 0 Å². The minimum absolute atomic E-state index is 0.159. The summed E-state index contributed by atoms with van der Waals surface area (Å²) in [5, 5.41) is 0. The van der Waals surface area contributed by atoms with E-state index in [0.717, 1.165) is 11.3 Å². The van der Waals surface area contributed by atoms with Crippen LogP contribution in [-0.2, 0) is 13.2 Å². The van der Waals surface area contributed by atoms with E-state index in [2.05, 4.69) is 4.98 Å². The van der Waals surface area contributed by atoms with Crippen LogP contribution in [0.3, 0.4) is 0 Å². The van der Waals surface area contributed by atoms with Crippen LogP contribution < -0.4 is 4.74 Å². The highest BCUT2D eigenvalue weighted by Gasteiger charge is 2.35. The lowest BCUT2D eigenvalue weighted by Gasteiger charge is -2.13. The smallest absolute Gasteiger partial charge is 0.261 e. The van der Waals surface area contributed by atoms with Gasteiger partial charge in [0, 0.05) is 11.8 Å². The third kappa shape index (κ3) is 3.07. The third-order valence-electron chi connectivity index (χ3n) is 4.23. The Labute approximate surface area is 150 Å². The molecule has 2 aromatic carbocycles. The Hall–Kier alpha value is -3.47. The van der Waals surface area contributed by atoms with E-state index in [1.54, 1.807) is 30.5 Å². The highest BCUT2D eigenvalue weighted by atomic mass is 16.5. The van der Waals surface area contributed by atoms with Gasteiger partial charge >= 0.3 is 0 Å². The van der Waals surface area contributed by atoms with Gasteiger partial charge in [-0.3, -0.25) is 19.5 Å². The Morgan fingerprint density at radius 2 is 1.46 bits per heavy atom. The number of imide groups is 1. The number of pyridine rings is 1. The minimum atomic E-state index is -0.274. The summed E-state index contributed by atoms with van der Waals surface area (Å²) in [6, 6.07) is 20.1. The van der Waals surface area contributed by atoms with Gasteiger partial charge in [-0.05, 0) is 30.3 Å². The maximum atomic E-state index is 12.4. The van der Waals surface area contributed by atoms with Crippen molar-refractivity contribution < 1.29 is 14.3 Å². The van der Waals surface area contributed by atoms with Crippen molar-refractivity contribution in [2.45, 2.75) is 13.2 Å². The standard InChI is InChI=1S/C21H16N2O3/c24-20-18-8-4-5-9-19(18)21(25)23(20)13-16-11-10-15(12-22-16)14-26-17-6-2-1-3-7-17/h1-12H,13-14H2. The number of carbonyl (C=O) groups is 2. The zero-order valence-corrected chi connectivity index (χ0v) is 14.0. The van der Waals surface area contributed by atoms with Crippen LogP contribution in [0.25, 0.3) is 0 Å². The van der Waals surface area contributed by atoms with Crippen LogP contribution in [0, 0.1) is 0 Å². The molecule has 0 aliphatic carbocycles. The van der Waals surface area contributed by atoms with E-state index in [0.29, 0.717) is 23.4 Å². The predicted octanol–water partition coefficient (Wildman–Crippen LogP) is 3.46. The van der Waals surface area contributed by atoms with Gasteiger partial charge in [0.2, 0.25) is 0 Å². The van der Waals surface area contributed by atoms with Gasteiger partial charge in [-0.2, -0.15) is 0 Å². The largest absolute Gasteiger partial charge is 0.489 e. The summed E-state index contributed by atoms with van der Waals surface area (Å²) >= 11 is 0. The monoisotopic (exact) mass is 344 g/mol. The van der Waals surface area contributed by atoms with Crippen molar-refractivity contribution in [2.24, 2.45) is 0 Å². The molecule has 4 rings (SSSR count). The fraction of sp³-hybridized carbons (Fsp3) is 0.0952. The second-order valence-corrected chi connectivity index (χ2v) is 6.00. The van der Waals surface area contributed by atoms with Gasteiger partial charge in [0.15, 0.2) is 0 Å². The number of hydrogen-bond acceptors (Lipinski definition) is 4. The van der Waals surface area contributed by atoms with E-state index in [-0.39, 0.29) is 18.4 Å². The number of aromatic nitrogens is 1. The van der Waals surface area contributed by atoms with Crippen LogP contribution in [0.5, 0.6) is 5.75 Å². The summed E-state index contributed by atoms with van der Waals surface area (Å²) in [4.78, 5) is 30.4. The Balaban J connectivity index is 1.42. The van der Waals surface area contributed by atoms with Crippen LogP contribution in [0.2, 0.25) is 0 Å². The first-order valence-electron chi connectivity index (χ1n) is 8.29. The van der Waals surface area contributed by atoms with Gasteiger partial charge in [-0.1, -0.05) is 36.4 Å². The van der Waals surface area contributed by atoms with Gasteiger partial charge in [0.25, 0.3) is 11.8 Å². The average Bonchev–Trinajstić information content (AvgIpc) is 2.93. The molecule has 0 unspecified atom stereocenters. The van der Waals surface area contributed by atoms with Crippen molar-refractivity contribution in [2.75, 3.05) is 0 Å². The zero-order valence-electron chi connectivity index (χ0n) is 14.0. The number of amides is 2. The number of para-hydroxylation sites is 1. The fourth-order valence-electron chi connectivity index (χ4n) is 2.86. The molecule has 2 heterocycles. The molecule has 0 saturated heterocycles. The molecule has 0 atom stereocenters. The van der Waals surface area contributed by atoms with Crippen LogP contribution in [0.1, 0.15) is 32.0 Å². The second kappa shape index (κ2) is 6.80. The third-order valence-corrected chi connectivity index (χ3v) is 4.23. The Morgan fingerprint density at radius 3 is 2.08 bits per heavy atom. The molecule has 0 fully saturated rings. The number of benzene rings is 2. The summed E-state index contributed by atoms with van der Waals surface area (Å²) in [7, 11) is 0. The molecule has 2 amide bonds. The molecule has 128 valence electrons. The summed E-state index contributed by atoms with van der Waals surface area (Å²) in [5.74, 6) is 0.246. The molecule has 0 radical (unpaired) electrons. The lowest BCUT2D eigenvalue weighted by Crippen LogP contribution is -2.29. The molecule has 1 aromatic heterocycles. The molecule has 5 heteroatoms. The first-order chi connectivity index (χ1) is 12.7. The summed E-state index contributed by atoms with van der Waals surface area (Å²) in [6.45, 7) is 0.566. The topological polar surface area (TPSA) is 59.5 Å².